The van der Waals surface area contributed by atoms with Gasteiger partial charge in [0, 0.05) is 57.1 Å². The van der Waals surface area contributed by atoms with Gasteiger partial charge in [-0.15, -0.1) is 0 Å². The van der Waals surface area contributed by atoms with Crippen molar-refractivity contribution >= 4 is 15.7 Å². The van der Waals surface area contributed by atoms with Crippen LogP contribution in [0.5, 0.6) is 0 Å². The van der Waals surface area contributed by atoms with E-state index in [9.17, 15) is 13.2 Å². The zero-order valence-electron chi connectivity index (χ0n) is 13.4. The molecule has 2 aliphatic heterocycles. The number of carbonyl (C=O) groups is 1. The van der Waals surface area contributed by atoms with Gasteiger partial charge in [-0.1, -0.05) is 0 Å². The lowest BCUT2D eigenvalue weighted by atomic mass is 10.2. The Morgan fingerprint density at radius 2 is 1.78 bits per heavy atom. The number of benzene rings is 1. The van der Waals surface area contributed by atoms with Crippen molar-refractivity contribution in [2.24, 2.45) is 0 Å². The fourth-order valence-corrected chi connectivity index (χ4v) is 3.93. The van der Waals surface area contributed by atoms with Gasteiger partial charge in [0.2, 0.25) is 0 Å². The molecule has 0 aliphatic carbocycles. The molecule has 126 valence electrons. The Bertz CT molecular complexity index is 666. The molecule has 1 atom stereocenters. The molecule has 1 aromatic rings. The molecule has 2 saturated heterocycles. The highest BCUT2D eigenvalue weighted by Crippen LogP contribution is 2.19. The highest BCUT2D eigenvalue weighted by Gasteiger charge is 2.31. The molecular formula is C16H23N3O3S. The summed E-state index contributed by atoms with van der Waals surface area (Å²) in [5.74, 6) is -0.0114. The van der Waals surface area contributed by atoms with Crippen LogP contribution in [-0.2, 0) is 9.84 Å². The van der Waals surface area contributed by atoms with Gasteiger partial charge < -0.3 is 10.2 Å². The predicted octanol–water partition coefficient (Wildman–Crippen LogP) is 0.210. The average molecular weight is 337 g/mol. The molecule has 1 N–H and O–H groups in total. The molecule has 23 heavy (non-hydrogen) atoms. The molecule has 6 nitrogen and oxygen atoms in total. The van der Waals surface area contributed by atoms with E-state index in [1.54, 1.807) is 12.1 Å². The van der Waals surface area contributed by atoms with Gasteiger partial charge in [-0.25, -0.2) is 8.42 Å². The van der Waals surface area contributed by atoms with E-state index >= 15 is 0 Å². The van der Waals surface area contributed by atoms with Crippen molar-refractivity contribution in [3.63, 3.8) is 0 Å². The molecule has 2 aliphatic rings. The van der Waals surface area contributed by atoms with Crippen molar-refractivity contribution in [1.82, 2.24) is 15.1 Å². The monoisotopic (exact) mass is 337 g/mol. The molecule has 0 spiro atoms. The molecule has 0 radical (unpaired) electrons. The Morgan fingerprint density at radius 3 is 2.39 bits per heavy atom. The first-order valence-corrected chi connectivity index (χ1v) is 9.88. The van der Waals surface area contributed by atoms with Crippen LogP contribution in [0.1, 0.15) is 16.8 Å². The number of hydrogen-bond donors (Lipinski definition) is 1. The van der Waals surface area contributed by atoms with Crippen molar-refractivity contribution in [3.05, 3.63) is 29.8 Å². The molecule has 2 heterocycles. The number of rotatable bonds is 3. The predicted molar refractivity (Wildman–Crippen MR) is 88.3 cm³/mol. The van der Waals surface area contributed by atoms with E-state index in [1.807, 2.05) is 4.90 Å². The van der Waals surface area contributed by atoms with Gasteiger partial charge in [-0.05, 0) is 30.7 Å². The van der Waals surface area contributed by atoms with Gasteiger partial charge >= 0.3 is 0 Å². The summed E-state index contributed by atoms with van der Waals surface area (Å²) in [7, 11) is -3.23. The van der Waals surface area contributed by atoms with Crippen LogP contribution in [0.3, 0.4) is 0 Å². The van der Waals surface area contributed by atoms with Crippen molar-refractivity contribution < 1.29 is 13.2 Å². The molecule has 2 fully saturated rings. The Morgan fingerprint density at radius 1 is 1.13 bits per heavy atom. The van der Waals surface area contributed by atoms with Crippen LogP contribution in [0.2, 0.25) is 0 Å². The van der Waals surface area contributed by atoms with Crippen LogP contribution in [0.25, 0.3) is 0 Å². The van der Waals surface area contributed by atoms with Gasteiger partial charge in [-0.2, -0.15) is 0 Å². The van der Waals surface area contributed by atoms with E-state index in [0.29, 0.717) is 11.6 Å². The summed E-state index contributed by atoms with van der Waals surface area (Å²) in [6, 6.07) is 6.67. The minimum atomic E-state index is -3.23. The normalized spacial score (nSPS) is 23.2. The van der Waals surface area contributed by atoms with E-state index in [-0.39, 0.29) is 10.8 Å². The van der Waals surface area contributed by atoms with E-state index in [0.717, 1.165) is 45.7 Å². The highest BCUT2D eigenvalue weighted by molar-refractivity contribution is 7.90. The molecule has 3 rings (SSSR count). The van der Waals surface area contributed by atoms with Crippen LogP contribution in [0, 0.1) is 0 Å². The number of nitrogens with zero attached hydrogens (tertiary/aromatic N) is 2. The molecule has 1 amide bonds. The third kappa shape index (κ3) is 3.73. The third-order valence-corrected chi connectivity index (χ3v) is 5.78. The SMILES string of the molecule is CS(=O)(=O)c1ccc(C(=O)N2CCC(N3CCNCC3)C2)cc1. The molecular weight excluding hydrogens is 314 g/mol. The number of sulfone groups is 1. The lowest BCUT2D eigenvalue weighted by Crippen LogP contribution is -2.49. The fraction of sp³-hybridized carbons (Fsp3) is 0.562. The highest BCUT2D eigenvalue weighted by atomic mass is 32.2. The standard InChI is InChI=1S/C16H23N3O3S/c1-23(21,22)15-4-2-13(3-5-15)16(20)19-9-6-14(12-19)18-10-7-17-8-11-18/h2-5,14,17H,6-12H2,1H3. The van der Waals surface area contributed by atoms with E-state index < -0.39 is 9.84 Å². The zero-order valence-corrected chi connectivity index (χ0v) is 14.2. The lowest BCUT2D eigenvalue weighted by Gasteiger charge is -2.32. The van der Waals surface area contributed by atoms with Crippen LogP contribution < -0.4 is 5.32 Å². The van der Waals surface area contributed by atoms with Crippen molar-refractivity contribution in [2.45, 2.75) is 17.4 Å². The second-order valence-electron chi connectivity index (χ2n) is 6.28. The van der Waals surface area contributed by atoms with Crippen LogP contribution in [0.4, 0.5) is 0 Å². The molecule has 1 unspecified atom stereocenters. The summed E-state index contributed by atoms with van der Waals surface area (Å²) in [6.45, 7) is 5.62. The smallest absolute Gasteiger partial charge is 0.253 e. The van der Waals surface area contributed by atoms with Gasteiger partial charge in [0.15, 0.2) is 9.84 Å². The largest absolute Gasteiger partial charge is 0.337 e. The summed E-state index contributed by atoms with van der Waals surface area (Å²) < 4.78 is 23.0. The Balaban J connectivity index is 1.64. The maximum absolute atomic E-state index is 12.6. The first-order valence-electron chi connectivity index (χ1n) is 7.99. The van der Waals surface area contributed by atoms with Gasteiger partial charge in [0.05, 0.1) is 4.90 Å². The van der Waals surface area contributed by atoms with E-state index in [1.165, 1.54) is 18.4 Å². The Hall–Kier alpha value is -1.44. The molecule has 7 heteroatoms. The fourth-order valence-electron chi connectivity index (χ4n) is 3.30. The number of nitrogens with one attached hydrogen (secondary N) is 1. The minimum Gasteiger partial charge on any atom is -0.337 e. The summed E-state index contributed by atoms with van der Waals surface area (Å²) in [4.78, 5) is 17.2. The summed E-state index contributed by atoms with van der Waals surface area (Å²) in [5, 5.41) is 3.34. The van der Waals surface area contributed by atoms with E-state index in [2.05, 4.69) is 10.2 Å². The number of likely N-dealkylation sites (tertiary alicyclic amines) is 1. The summed E-state index contributed by atoms with van der Waals surface area (Å²) in [5.41, 5.74) is 0.554. The summed E-state index contributed by atoms with van der Waals surface area (Å²) >= 11 is 0. The van der Waals surface area contributed by atoms with Gasteiger partial charge in [-0.3, -0.25) is 9.69 Å². The molecule has 1 aromatic carbocycles. The maximum Gasteiger partial charge on any atom is 0.253 e. The van der Waals surface area contributed by atoms with Crippen LogP contribution in [0.15, 0.2) is 29.2 Å². The summed E-state index contributed by atoms with van der Waals surface area (Å²) in [6.07, 6.45) is 2.18. The molecule has 0 aromatic heterocycles. The van der Waals surface area contributed by atoms with Crippen LogP contribution in [-0.4, -0.2) is 75.7 Å². The lowest BCUT2D eigenvalue weighted by molar-refractivity contribution is 0.0773. The van der Waals surface area contributed by atoms with Crippen LogP contribution >= 0.6 is 0 Å². The first kappa shape index (κ1) is 16.4. The Kier molecular flexibility index (Phi) is 4.70. The maximum atomic E-state index is 12.6. The van der Waals surface area contributed by atoms with Crippen molar-refractivity contribution in [3.8, 4) is 0 Å². The number of carbonyl (C=O) groups excluding carboxylic acids is 1. The van der Waals surface area contributed by atoms with E-state index in [4.69, 9.17) is 0 Å². The third-order valence-electron chi connectivity index (χ3n) is 4.65. The number of hydrogen-bond acceptors (Lipinski definition) is 5. The van der Waals surface area contributed by atoms with Crippen molar-refractivity contribution in [2.75, 3.05) is 45.5 Å². The topological polar surface area (TPSA) is 69.7 Å². The second kappa shape index (κ2) is 6.59. The first-order chi connectivity index (χ1) is 10.9. The Labute approximate surface area is 137 Å². The zero-order chi connectivity index (χ0) is 16.4. The van der Waals surface area contributed by atoms with Gasteiger partial charge in [0.1, 0.15) is 0 Å². The molecule has 0 bridgehead atoms. The number of piperazine rings is 1. The molecule has 0 saturated carbocycles. The number of amides is 1. The minimum absolute atomic E-state index is 0.0114. The second-order valence-corrected chi connectivity index (χ2v) is 8.29. The van der Waals surface area contributed by atoms with Crippen molar-refractivity contribution in [1.29, 1.82) is 0 Å². The van der Waals surface area contributed by atoms with Gasteiger partial charge in [0.25, 0.3) is 5.91 Å². The quantitative estimate of drug-likeness (QED) is 0.854. The average Bonchev–Trinajstić information content (AvgIpc) is 3.04.